The molecule has 4 rings (SSSR count). The molecule has 2 fully saturated rings. The van der Waals surface area contributed by atoms with Crippen LogP contribution in [0.3, 0.4) is 0 Å². The lowest BCUT2D eigenvalue weighted by atomic mass is 9.52. The maximum atomic E-state index is 10.2. The standard InChI is InChI=1S/C18H25NO/c1-12-9-13-10-16-14-5-3-4-6-18(14,7-8-19(16)2)15(13)11-17(12)20/h9,11,14,16,20H,3-8,10H2,1-2H3/t14-,16+,18+/m1/s1. The lowest BCUT2D eigenvalue weighted by Gasteiger charge is -2.58. The van der Waals surface area contributed by atoms with E-state index in [-0.39, 0.29) is 0 Å². The summed E-state index contributed by atoms with van der Waals surface area (Å²) in [6, 6.07) is 5.09. The Bertz CT molecular complexity index is 553. The van der Waals surface area contributed by atoms with Gasteiger partial charge in [-0.25, -0.2) is 0 Å². The molecule has 3 aliphatic rings. The molecule has 2 heteroatoms. The first kappa shape index (κ1) is 12.7. The minimum Gasteiger partial charge on any atom is -0.508 e. The van der Waals surface area contributed by atoms with Crippen molar-refractivity contribution in [1.29, 1.82) is 0 Å². The van der Waals surface area contributed by atoms with Gasteiger partial charge in [-0.05, 0) is 74.9 Å². The van der Waals surface area contributed by atoms with E-state index in [4.69, 9.17) is 0 Å². The number of rotatable bonds is 0. The van der Waals surface area contributed by atoms with Crippen molar-refractivity contribution in [3.63, 3.8) is 0 Å². The summed E-state index contributed by atoms with van der Waals surface area (Å²) in [4.78, 5) is 2.60. The molecule has 1 N–H and O–H groups in total. The van der Waals surface area contributed by atoms with Crippen LogP contribution in [0.1, 0.15) is 48.8 Å². The van der Waals surface area contributed by atoms with Crippen molar-refractivity contribution in [2.75, 3.05) is 13.6 Å². The Labute approximate surface area is 121 Å². The maximum Gasteiger partial charge on any atom is 0.118 e. The number of phenols is 1. The fourth-order valence-corrected chi connectivity index (χ4v) is 5.37. The number of benzene rings is 1. The fraction of sp³-hybridized carbons (Fsp3) is 0.667. The quantitative estimate of drug-likeness (QED) is 0.782. The lowest BCUT2D eigenvalue weighted by Crippen LogP contribution is -2.59. The summed E-state index contributed by atoms with van der Waals surface area (Å²) in [5, 5.41) is 10.2. The number of hydrogen-bond acceptors (Lipinski definition) is 2. The lowest BCUT2D eigenvalue weighted by molar-refractivity contribution is 0.00271. The second-order valence-electron chi connectivity index (χ2n) is 7.31. The summed E-state index contributed by atoms with van der Waals surface area (Å²) < 4.78 is 0. The smallest absolute Gasteiger partial charge is 0.118 e. The highest BCUT2D eigenvalue weighted by Gasteiger charge is 2.53. The van der Waals surface area contributed by atoms with E-state index in [0.717, 1.165) is 17.5 Å². The molecule has 2 aliphatic carbocycles. The zero-order valence-corrected chi connectivity index (χ0v) is 12.7. The molecule has 1 heterocycles. The highest BCUT2D eigenvalue weighted by atomic mass is 16.3. The number of piperidine rings is 1. The van der Waals surface area contributed by atoms with E-state index in [1.807, 2.05) is 6.92 Å². The van der Waals surface area contributed by atoms with Gasteiger partial charge in [-0.2, -0.15) is 0 Å². The first-order chi connectivity index (χ1) is 9.62. The molecule has 2 bridgehead atoms. The highest BCUT2D eigenvalue weighted by molar-refractivity contribution is 5.48. The molecular formula is C18H25NO. The van der Waals surface area contributed by atoms with Crippen LogP contribution in [0.4, 0.5) is 0 Å². The first-order valence-electron chi connectivity index (χ1n) is 8.15. The number of phenolic OH excluding ortho intramolecular Hbond substituents is 1. The largest absolute Gasteiger partial charge is 0.508 e. The molecule has 20 heavy (non-hydrogen) atoms. The molecule has 1 aromatic rings. The number of likely N-dealkylation sites (N-methyl/N-ethyl adjacent to an activating group) is 1. The van der Waals surface area contributed by atoms with Gasteiger partial charge >= 0.3 is 0 Å². The van der Waals surface area contributed by atoms with Crippen LogP contribution in [0.25, 0.3) is 0 Å². The molecule has 1 aromatic carbocycles. The van der Waals surface area contributed by atoms with Crippen LogP contribution in [-0.2, 0) is 11.8 Å². The third-order valence-corrected chi connectivity index (χ3v) is 6.43. The van der Waals surface area contributed by atoms with Crippen molar-refractivity contribution in [2.24, 2.45) is 5.92 Å². The topological polar surface area (TPSA) is 23.5 Å². The molecule has 108 valence electrons. The number of aryl methyl sites for hydroxylation is 1. The summed E-state index contributed by atoms with van der Waals surface area (Å²) in [6.07, 6.45) is 7.92. The van der Waals surface area contributed by atoms with Crippen molar-refractivity contribution >= 4 is 0 Å². The predicted octanol–water partition coefficient (Wildman–Crippen LogP) is 3.39. The maximum absolute atomic E-state index is 10.2. The summed E-state index contributed by atoms with van der Waals surface area (Å²) in [6.45, 7) is 3.25. The average molecular weight is 271 g/mol. The van der Waals surface area contributed by atoms with Crippen LogP contribution < -0.4 is 0 Å². The van der Waals surface area contributed by atoms with Gasteiger partial charge in [-0.15, -0.1) is 0 Å². The Balaban J connectivity index is 1.92. The summed E-state index contributed by atoms with van der Waals surface area (Å²) in [7, 11) is 2.31. The minimum atomic E-state index is 0.369. The number of fused-ring (bicyclic) bond motifs is 1. The van der Waals surface area contributed by atoms with Crippen molar-refractivity contribution in [3.05, 3.63) is 28.8 Å². The van der Waals surface area contributed by atoms with Gasteiger partial charge in [0.25, 0.3) is 0 Å². The molecule has 0 amide bonds. The van der Waals surface area contributed by atoms with E-state index in [0.29, 0.717) is 11.2 Å². The van der Waals surface area contributed by atoms with Crippen LogP contribution in [0.2, 0.25) is 0 Å². The third kappa shape index (κ3) is 1.54. The average Bonchev–Trinajstić information content (AvgIpc) is 2.45. The fourth-order valence-electron chi connectivity index (χ4n) is 5.37. The van der Waals surface area contributed by atoms with Gasteiger partial charge in [0.1, 0.15) is 5.75 Å². The molecule has 1 saturated heterocycles. The van der Waals surface area contributed by atoms with E-state index >= 15 is 0 Å². The van der Waals surface area contributed by atoms with Crippen molar-refractivity contribution in [3.8, 4) is 5.75 Å². The zero-order chi connectivity index (χ0) is 13.9. The van der Waals surface area contributed by atoms with Crippen LogP contribution in [0.15, 0.2) is 12.1 Å². The van der Waals surface area contributed by atoms with E-state index < -0.39 is 0 Å². The van der Waals surface area contributed by atoms with Gasteiger partial charge in [0, 0.05) is 11.5 Å². The summed E-state index contributed by atoms with van der Waals surface area (Å²) in [5.41, 5.74) is 4.41. The first-order valence-corrected chi connectivity index (χ1v) is 8.15. The Kier molecular flexibility index (Phi) is 2.69. The van der Waals surface area contributed by atoms with Crippen LogP contribution >= 0.6 is 0 Å². The molecule has 0 aromatic heterocycles. The van der Waals surface area contributed by atoms with E-state index in [1.165, 1.54) is 56.2 Å². The predicted molar refractivity (Wildman–Crippen MR) is 81.2 cm³/mol. The monoisotopic (exact) mass is 271 g/mol. The molecule has 0 radical (unpaired) electrons. The molecule has 3 atom stereocenters. The van der Waals surface area contributed by atoms with Crippen molar-refractivity contribution in [1.82, 2.24) is 4.90 Å². The third-order valence-electron chi connectivity index (χ3n) is 6.43. The molecular weight excluding hydrogens is 246 g/mol. The van der Waals surface area contributed by atoms with Gasteiger partial charge < -0.3 is 10.0 Å². The number of nitrogens with zero attached hydrogens (tertiary/aromatic N) is 1. The van der Waals surface area contributed by atoms with Crippen molar-refractivity contribution < 1.29 is 5.11 Å². The van der Waals surface area contributed by atoms with Gasteiger partial charge in [0.2, 0.25) is 0 Å². The van der Waals surface area contributed by atoms with Gasteiger partial charge in [-0.1, -0.05) is 18.9 Å². The van der Waals surface area contributed by atoms with Crippen LogP contribution in [-0.4, -0.2) is 29.6 Å². The number of hydrogen-bond donors (Lipinski definition) is 1. The molecule has 2 nitrogen and oxygen atoms in total. The Morgan fingerprint density at radius 3 is 2.95 bits per heavy atom. The molecule has 0 unspecified atom stereocenters. The van der Waals surface area contributed by atoms with E-state index in [2.05, 4.69) is 24.1 Å². The second-order valence-corrected chi connectivity index (χ2v) is 7.31. The normalized spacial score (nSPS) is 36.3. The zero-order valence-electron chi connectivity index (χ0n) is 12.7. The van der Waals surface area contributed by atoms with Crippen LogP contribution in [0, 0.1) is 12.8 Å². The summed E-state index contributed by atoms with van der Waals surface area (Å²) >= 11 is 0. The van der Waals surface area contributed by atoms with Gasteiger partial charge in [-0.3, -0.25) is 0 Å². The van der Waals surface area contributed by atoms with Crippen molar-refractivity contribution in [2.45, 2.75) is 56.9 Å². The summed E-state index contributed by atoms with van der Waals surface area (Å²) in [5.74, 6) is 1.31. The highest BCUT2D eigenvalue weighted by Crippen LogP contribution is 2.56. The molecule has 0 spiro atoms. The minimum absolute atomic E-state index is 0.369. The molecule has 1 aliphatic heterocycles. The van der Waals surface area contributed by atoms with Gasteiger partial charge in [0.05, 0.1) is 0 Å². The Morgan fingerprint density at radius 1 is 1.25 bits per heavy atom. The Hall–Kier alpha value is -1.02. The SMILES string of the molecule is Cc1cc2c(cc1O)[C@]13CCCC[C@@H]1[C@H](C2)N(C)CC3. The van der Waals surface area contributed by atoms with Crippen LogP contribution in [0.5, 0.6) is 5.75 Å². The number of likely N-dealkylation sites (tertiary alicyclic amines) is 1. The van der Waals surface area contributed by atoms with Gasteiger partial charge in [0.15, 0.2) is 0 Å². The van der Waals surface area contributed by atoms with E-state index in [1.54, 1.807) is 0 Å². The molecule has 1 saturated carbocycles. The second kappa shape index (κ2) is 4.24. The Morgan fingerprint density at radius 2 is 2.10 bits per heavy atom. The number of aromatic hydroxyl groups is 1. The van der Waals surface area contributed by atoms with E-state index in [9.17, 15) is 5.11 Å².